The van der Waals surface area contributed by atoms with Crippen LogP contribution in [0.1, 0.15) is 71.6 Å². The van der Waals surface area contributed by atoms with Gasteiger partial charge in [-0.05, 0) is 36.8 Å². The van der Waals surface area contributed by atoms with E-state index in [-0.39, 0.29) is 36.0 Å². The smallest absolute Gasteiger partial charge is 0.273 e. The normalized spacial score (nSPS) is 20.3. The average molecular weight is 587 g/mol. The fraction of sp³-hybridized carbons (Fsp3) is 0.367. The molecule has 4 amide bonds. The lowest BCUT2D eigenvalue weighted by atomic mass is 10.0. The number of benzene rings is 1. The Kier molecular flexibility index (Phi) is 9.08. The molecule has 224 valence electrons. The Labute approximate surface area is 247 Å². The largest absolute Gasteiger partial charge is 0.446 e. The van der Waals surface area contributed by atoms with Crippen molar-refractivity contribution in [2.75, 3.05) is 6.54 Å². The molecule has 2 bridgehead atoms. The van der Waals surface area contributed by atoms with Crippen LogP contribution in [0.3, 0.4) is 0 Å². The lowest BCUT2D eigenvalue weighted by Gasteiger charge is -2.26. The first-order valence-corrected chi connectivity index (χ1v) is 14.3. The highest BCUT2D eigenvalue weighted by atomic mass is 16.3. The maximum atomic E-state index is 13.7. The minimum Gasteiger partial charge on any atom is -0.446 e. The van der Waals surface area contributed by atoms with Crippen molar-refractivity contribution in [2.24, 2.45) is 5.92 Å². The van der Waals surface area contributed by atoms with Crippen LogP contribution < -0.4 is 21.3 Å². The molecule has 4 heterocycles. The van der Waals surface area contributed by atoms with Gasteiger partial charge < -0.3 is 25.7 Å². The Morgan fingerprint density at radius 2 is 1.88 bits per heavy atom. The first kappa shape index (κ1) is 29.4. The molecular formula is C30H34N8O5. The summed E-state index contributed by atoms with van der Waals surface area (Å²) in [5, 5.41) is 11.4. The Balaban J connectivity index is 1.42. The van der Waals surface area contributed by atoms with Crippen molar-refractivity contribution in [1.82, 2.24) is 40.6 Å². The van der Waals surface area contributed by atoms with Crippen molar-refractivity contribution in [3.63, 3.8) is 0 Å². The Morgan fingerprint density at radius 3 is 2.65 bits per heavy atom. The second-order valence-corrected chi connectivity index (χ2v) is 10.8. The zero-order valence-corrected chi connectivity index (χ0v) is 23.9. The predicted octanol–water partition coefficient (Wildman–Crippen LogP) is 1.97. The number of carbonyl (C=O) groups is 4. The van der Waals surface area contributed by atoms with E-state index >= 15 is 0 Å². The Morgan fingerprint density at radius 1 is 1.07 bits per heavy atom. The summed E-state index contributed by atoms with van der Waals surface area (Å²) in [5.74, 6) is -1.51. The fourth-order valence-corrected chi connectivity index (χ4v) is 4.84. The summed E-state index contributed by atoms with van der Waals surface area (Å²) in [4.78, 5) is 66.0. The van der Waals surface area contributed by atoms with Gasteiger partial charge in [-0.3, -0.25) is 23.6 Å². The number of imidazole rings is 1. The summed E-state index contributed by atoms with van der Waals surface area (Å²) in [6.45, 7) is 4.11. The van der Waals surface area contributed by atoms with Gasteiger partial charge in [-0.25, -0.2) is 15.0 Å². The third-order valence-corrected chi connectivity index (χ3v) is 7.20. The molecule has 1 aliphatic rings. The van der Waals surface area contributed by atoms with Gasteiger partial charge in [0.2, 0.25) is 23.5 Å². The number of hydrogen-bond donors (Lipinski definition) is 4. The standard InChI is InChI=1S/C30H34N8O5/c1-18(2)24-29-35-23(17-43-29)25(39)31-12-7-6-11-20(33-28(42)22-16-38-14-8-13-32-30(38)36-22)26(40)34-21(27(41)37-24)15-19-9-4-3-5-10-19/h3-5,8-10,13-14,16-18,20-21,24H,6-7,11-12,15H2,1-2H3,(H,31,39)(H,33,42)(H,34,40)(H,37,41)/t20-,21-,24-/m0/s1. The summed E-state index contributed by atoms with van der Waals surface area (Å²) in [6.07, 6.45) is 7.61. The molecule has 0 spiro atoms. The van der Waals surface area contributed by atoms with E-state index in [1.807, 2.05) is 44.2 Å². The van der Waals surface area contributed by atoms with E-state index in [0.717, 1.165) is 5.56 Å². The molecule has 4 N–H and O–H groups in total. The zero-order valence-electron chi connectivity index (χ0n) is 23.9. The maximum Gasteiger partial charge on any atom is 0.273 e. The second kappa shape index (κ2) is 13.3. The molecular weight excluding hydrogens is 552 g/mol. The SMILES string of the molecule is CC(C)[C@@H]1NC(=O)[C@H](Cc2ccccc2)NC(=O)[C@@H](NC(=O)c2cn3cccnc3n2)CCCCNC(=O)c2coc1n2. The summed E-state index contributed by atoms with van der Waals surface area (Å²) in [6, 6.07) is 8.44. The molecule has 13 nitrogen and oxygen atoms in total. The Bertz CT molecular complexity index is 1570. The molecule has 0 saturated heterocycles. The summed E-state index contributed by atoms with van der Waals surface area (Å²) >= 11 is 0. The number of oxazole rings is 1. The monoisotopic (exact) mass is 586 g/mol. The molecule has 3 aromatic heterocycles. The molecule has 0 radical (unpaired) electrons. The Hall–Kier alpha value is -5.07. The number of hydrogen-bond acceptors (Lipinski definition) is 8. The molecule has 13 heteroatoms. The van der Waals surface area contributed by atoms with Gasteiger partial charge >= 0.3 is 0 Å². The first-order chi connectivity index (χ1) is 20.8. The number of carbonyl (C=O) groups excluding carboxylic acids is 4. The second-order valence-electron chi connectivity index (χ2n) is 10.8. The fourth-order valence-electron chi connectivity index (χ4n) is 4.84. The van der Waals surface area contributed by atoms with Gasteiger partial charge in [-0.15, -0.1) is 0 Å². The van der Waals surface area contributed by atoms with E-state index in [0.29, 0.717) is 25.2 Å². The summed E-state index contributed by atoms with van der Waals surface area (Å²) in [7, 11) is 0. The van der Waals surface area contributed by atoms with Crippen molar-refractivity contribution in [1.29, 1.82) is 0 Å². The minimum absolute atomic E-state index is 0.105. The molecule has 0 aliphatic carbocycles. The molecule has 5 rings (SSSR count). The van der Waals surface area contributed by atoms with Crippen LogP contribution in [0.5, 0.6) is 0 Å². The van der Waals surface area contributed by atoms with E-state index in [1.54, 1.807) is 22.9 Å². The highest BCUT2D eigenvalue weighted by molar-refractivity contribution is 5.97. The van der Waals surface area contributed by atoms with E-state index in [4.69, 9.17) is 4.42 Å². The molecule has 0 saturated carbocycles. The maximum absolute atomic E-state index is 13.7. The topological polar surface area (TPSA) is 173 Å². The number of rotatable bonds is 5. The molecule has 4 aromatic rings. The first-order valence-electron chi connectivity index (χ1n) is 14.3. The van der Waals surface area contributed by atoms with Crippen LogP contribution in [0, 0.1) is 5.92 Å². The summed E-state index contributed by atoms with van der Waals surface area (Å²) in [5.41, 5.74) is 1.06. The van der Waals surface area contributed by atoms with Crippen molar-refractivity contribution >= 4 is 29.4 Å². The molecule has 1 aliphatic heterocycles. The quantitative estimate of drug-likeness (QED) is 0.275. The number of nitrogens with one attached hydrogen (secondary N) is 4. The van der Waals surface area contributed by atoms with Gasteiger partial charge in [0.05, 0.1) is 0 Å². The molecule has 43 heavy (non-hydrogen) atoms. The van der Waals surface area contributed by atoms with Crippen LogP contribution in [0.25, 0.3) is 5.78 Å². The van der Waals surface area contributed by atoms with E-state index in [1.165, 1.54) is 12.5 Å². The van der Waals surface area contributed by atoms with Gasteiger partial charge in [0.25, 0.3) is 11.8 Å². The number of fused-ring (bicyclic) bond motifs is 3. The zero-order chi connectivity index (χ0) is 30.3. The van der Waals surface area contributed by atoms with Crippen LogP contribution in [0.2, 0.25) is 0 Å². The number of amides is 4. The van der Waals surface area contributed by atoms with Crippen molar-refractivity contribution in [2.45, 2.75) is 57.7 Å². The third kappa shape index (κ3) is 7.23. The van der Waals surface area contributed by atoms with Gasteiger partial charge in [0.1, 0.15) is 30.1 Å². The molecule has 3 atom stereocenters. The molecule has 0 fully saturated rings. The molecule has 0 unspecified atom stereocenters. The van der Waals surface area contributed by atoms with Gasteiger partial charge in [-0.1, -0.05) is 44.2 Å². The van der Waals surface area contributed by atoms with Gasteiger partial charge in [0.15, 0.2) is 5.69 Å². The van der Waals surface area contributed by atoms with E-state index in [9.17, 15) is 19.2 Å². The van der Waals surface area contributed by atoms with Crippen molar-refractivity contribution in [3.8, 4) is 0 Å². The third-order valence-electron chi connectivity index (χ3n) is 7.20. The predicted molar refractivity (Wildman–Crippen MR) is 155 cm³/mol. The van der Waals surface area contributed by atoms with Crippen LogP contribution in [0.4, 0.5) is 0 Å². The highest BCUT2D eigenvalue weighted by Crippen LogP contribution is 2.22. The average Bonchev–Trinajstić information content (AvgIpc) is 3.66. The highest BCUT2D eigenvalue weighted by Gasteiger charge is 2.32. The molecule has 1 aromatic carbocycles. The van der Waals surface area contributed by atoms with E-state index in [2.05, 4.69) is 36.2 Å². The minimum atomic E-state index is -0.972. The van der Waals surface area contributed by atoms with Crippen molar-refractivity contribution < 1.29 is 23.6 Å². The van der Waals surface area contributed by atoms with E-state index < -0.39 is 41.8 Å². The number of aromatic nitrogens is 4. The van der Waals surface area contributed by atoms with Crippen LogP contribution in [-0.4, -0.2) is 61.6 Å². The lowest BCUT2D eigenvalue weighted by Crippen LogP contribution is -2.55. The van der Waals surface area contributed by atoms with Crippen molar-refractivity contribution in [3.05, 3.63) is 84.1 Å². The van der Waals surface area contributed by atoms with Crippen LogP contribution in [-0.2, 0) is 16.0 Å². The number of nitrogens with zero attached hydrogens (tertiary/aromatic N) is 4. The van der Waals surface area contributed by atoms with Gasteiger partial charge in [0, 0.05) is 31.6 Å². The summed E-state index contributed by atoms with van der Waals surface area (Å²) < 4.78 is 7.21. The van der Waals surface area contributed by atoms with Crippen LogP contribution in [0.15, 0.2) is 65.7 Å². The van der Waals surface area contributed by atoms with Crippen LogP contribution >= 0.6 is 0 Å². The lowest BCUT2D eigenvalue weighted by molar-refractivity contribution is -0.130. The van der Waals surface area contributed by atoms with Gasteiger partial charge in [-0.2, -0.15) is 0 Å².